The van der Waals surface area contributed by atoms with Gasteiger partial charge < -0.3 is 10.1 Å². The van der Waals surface area contributed by atoms with Gasteiger partial charge in [0, 0.05) is 32.8 Å². The third-order valence-corrected chi connectivity index (χ3v) is 9.84. The Morgan fingerprint density at radius 1 is 1.15 bits per heavy atom. The van der Waals surface area contributed by atoms with Crippen molar-refractivity contribution < 1.29 is 14.3 Å². The van der Waals surface area contributed by atoms with Gasteiger partial charge in [-0.2, -0.15) is 0 Å². The van der Waals surface area contributed by atoms with Crippen molar-refractivity contribution in [1.82, 2.24) is 14.8 Å². The summed E-state index contributed by atoms with van der Waals surface area (Å²) in [6.07, 6.45) is 3.38. The van der Waals surface area contributed by atoms with E-state index in [1.807, 2.05) is 47.9 Å². The Labute approximate surface area is 241 Å². The van der Waals surface area contributed by atoms with Gasteiger partial charge in [0.05, 0.1) is 12.9 Å². The lowest BCUT2D eigenvalue weighted by Gasteiger charge is -2.19. The fraction of sp³-hybridized carbons (Fsp3) is 0.379. The topological polar surface area (TPSA) is 86.1 Å². The summed E-state index contributed by atoms with van der Waals surface area (Å²) >= 11 is 4.49. The number of hydrogen-bond donors (Lipinski definition) is 1. The summed E-state index contributed by atoms with van der Waals surface area (Å²) in [6, 6.07) is 8.06. The van der Waals surface area contributed by atoms with E-state index in [0.29, 0.717) is 21.6 Å². The van der Waals surface area contributed by atoms with Crippen molar-refractivity contribution >= 4 is 51.3 Å². The molecule has 1 aliphatic rings. The number of anilines is 1. The molecule has 5 rings (SSSR count). The van der Waals surface area contributed by atoms with Crippen molar-refractivity contribution in [3.05, 3.63) is 56.6 Å². The van der Waals surface area contributed by atoms with E-state index in [0.717, 1.165) is 35.4 Å². The number of carbonyl (C=O) groups excluding carboxylic acids is 2. The normalized spacial score (nSPS) is 14.9. The van der Waals surface area contributed by atoms with Crippen molar-refractivity contribution in [2.45, 2.75) is 58.2 Å². The van der Waals surface area contributed by atoms with Crippen molar-refractivity contribution in [3.63, 3.8) is 0 Å². The SMILES string of the molecule is COC(=O)c1c(-c2ccc(C)cc2)csc1NC(=O)CSc1nnc(-c2csc3c2CCC(C)C3)n1C(C)C. The van der Waals surface area contributed by atoms with Gasteiger partial charge in [0.25, 0.3) is 0 Å². The third kappa shape index (κ3) is 5.69. The van der Waals surface area contributed by atoms with Crippen molar-refractivity contribution in [2.24, 2.45) is 5.92 Å². The Balaban J connectivity index is 1.34. The number of thioether (sulfide) groups is 1. The van der Waals surface area contributed by atoms with Gasteiger partial charge in [0.15, 0.2) is 11.0 Å². The van der Waals surface area contributed by atoms with E-state index < -0.39 is 5.97 Å². The van der Waals surface area contributed by atoms with Crippen LogP contribution in [0, 0.1) is 12.8 Å². The zero-order valence-corrected chi connectivity index (χ0v) is 25.2. The van der Waals surface area contributed by atoms with Crippen LogP contribution in [0.15, 0.2) is 40.2 Å². The van der Waals surface area contributed by atoms with E-state index in [4.69, 9.17) is 4.74 Å². The molecular weight excluding hydrogens is 549 g/mol. The number of benzene rings is 1. The van der Waals surface area contributed by atoms with E-state index >= 15 is 0 Å². The Kier molecular flexibility index (Phi) is 8.25. The summed E-state index contributed by atoms with van der Waals surface area (Å²) in [5.74, 6) is 1.03. The molecule has 4 aromatic rings. The summed E-state index contributed by atoms with van der Waals surface area (Å²) in [5, 5.41) is 17.2. The average molecular weight is 581 g/mol. The predicted octanol–water partition coefficient (Wildman–Crippen LogP) is 7.27. The van der Waals surface area contributed by atoms with Gasteiger partial charge in [0.2, 0.25) is 5.91 Å². The predicted molar refractivity (Wildman–Crippen MR) is 160 cm³/mol. The van der Waals surface area contributed by atoms with Crippen LogP contribution in [-0.4, -0.2) is 39.5 Å². The Morgan fingerprint density at radius 2 is 1.90 bits per heavy atom. The molecule has 0 radical (unpaired) electrons. The fourth-order valence-electron chi connectivity index (χ4n) is 4.88. The van der Waals surface area contributed by atoms with Gasteiger partial charge in [-0.15, -0.1) is 32.9 Å². The van der Waals surface area contributed by atoms with Crippen LogP contribution in [0.3, 0.4) is 0 Å². The Morgan fingerprint density at radius 3 is 2.62 bits per heavy atom. The van der Waals surface area contributed by atoms with Gasteiger partial charge in [-0.1, -0.05) is 48.5 Å². The second-order valence-electron chi connectivity index (χ2n) is 10.2. The van der Waals surface area contributed by atoms with Crippen LogP contribution in [0.4, 0.5) is 5.00 Å². The quantitative estimate of drug-likeness (QED) is 0.174. The monoisotopic (exact) mass is 580 g/mol. The first-order chi connectivity index (χ1) is 18.8. The van der Waals surface area contributed by atoms with Gasteiger partial charge in [-0.3, -0.25) is 9.36 Å². The first-order valence-electron chi connectivity index (χ1n) is 13.0. The third-order valence-electron chi connectivity index (χ3n) is 6.95. The van der Waals surface area contributed by atoms with Crippen molar-refractivity contribution in [2.75, 3.05) is 18.2 Å². The molecule has 10 heteroatoms. The first kappa shape index (κ1) is 27.6. The number of rotatable bonds is 8. The number of methoxy groups -OCH3 is 1. The molecule has 3 aromatic heterocycles. The highest BCUT2D eigenvalue weighted by molar-refractivity contribution is 7.99. The molecule has 0 fully saturated rings. The zero-order valence-electron chi connectivity index (χ0n) is 22.7. The van der Waals surface area contributed by atoms with E-state index in [9.17, 15) is 9.59 Å². The first-order valence-corrected chi connectivity index (χ1v) is 15.7. The second kappa shape index (κ2) is 11.7. The molecule has 1 unspecified atom stereocenters. The standard InChI is InChI=1S/C29H32N4O3S3/c1-16(2)33-26(22-14-37-23-12-18(4)8-11-20(22)23)31-32-29(33)39-15-24(34)30-27-25(28(35)36-5)21(13-38-27)19-9-6-17(3)7-10-19/h6-7,9-10,13-14,16,18H,8,11-12,15H2,1-5H3,(H,30,34). The largest absolute Gasteiger partial charge is 0.465 e. The summed E-state index contributed by atoms with van der Waals surface area (Å²) in [4.78, 5) is 27.2. The summed E-state index contributed by atoms with van der Waals surface area (Å²) in [6.45, 7) is 8.55. The highest BCUT2D eigenvalue weighted by atomic mass is 32.2. The highest BCUT2D eigenvalue weighted by Gasteiger charge is 2.26. The van der Waals surface area contributed by atoms with Crippen LogP contribution >= 0.6 is 34.4 Å². The molecule has 0 saturated heterocycles. The zero-order chi connectivity index (χ0) is 27.7. The van der Waals surface area contributed by atoms with Crippen LogP contribution in [0.5, 0.6) is 0 Å². The van der Waals surface area contributed by atoms with Gasteiger partial charge in [-0.25, -0.2) is 4.79 Å². The molecule has 1 N–H and O–H groups in total. The molecule has 204 valence electrons. The fourth-order valence-corrected chi connectivity index (χ4v) is 7.97. The van der Waals surface area contributed by atoms with Gasteiger partial charge in [0.1, 0.15) is 10.6 Å². The summed E-state index contributed by atoms with van der Waals surface area (Å²) < 4.78 is 7.17. The minimum absolute atomic E-state index is 0.138. The molecule has 0 aliphatic heterocycles. The smallest absolute Gasteiger partial charge is 0.341 e. The van der Waals surface area contributed by atoms with E-state index in [-0.39, 0.29) is 17.7 Å². The van der Waals surface area contributed by atoms with Crippen molar-refractivity contribution in [1.29, 1.82) is 0 Å². The summed E-state index contributed by atoms with van der Waals surface area (Å²) in [5.41, 5.74) is 5.71. The van der Waals surface area contributed by atoms with Crippen LogP contribution in [-0.2, 0) is 22.4 Å². The minimum atomic E-state index is -0.479. The maximum atomic E-state index is 13.0. The van der Waals surface area contributed by atoms with E-state index in [2.05, 4.69) is 46.2 Å². The molecule has 1 aromatic carbocycles. The molecule has 1 atom stereocenters. The molecule has 7 nitrogen and oxygen atoms in total. The van der Waals surface area contributed by atoms with Crippen LogP contribution < -0.4 is 5.32 Å². The lowest BCUT2D eigenvalue weighted by molar-refractivity contribution is -0.113. The van der Waals surface area contributed by atoms with E-state index in [1.165, 1.54) is 52.6 Å². The molecule has 1 aliphatic carbocycles. The molecule has 0 spiro atoms. The van der Waals surface area contributed by atoms with E-state index in [1.54, 1.807) is 0 Å². The molecule has 39 heavy (non-hydrogen) atoms. The van der Waals surface area contributed by atoms with Gasteiger partial charge >= 0.3 is 5.97 Å². The number of hydrogen-bond acceptors (Lipinski definition) is 8. The second-order valence-corrected chi connectivity index (χ2v) is 13.0. The molecular formula is C29H32N4O3S3. The van der Waals surface area contributed by atoms with Crippen molar-refractivity contribution in [3.8, 4) is 22.5 Å². The number of ether oxygens (including phenoxy) is 1. The number of amides is 1. The number of nitrogens with zero attached hydrogens (tertiary/aromatic N) is 3. The lowest BCUT2D eigenvalue weighted by Crippen LogP contribution is -2.16. The number of carbonyl (C=O) groups is 2. The van der Waals surface area contributed by atoms with Gasteiger partial charge in [-0.05, 0) is 57.1 Å². The molecule has 1 amide bonds. The average Bonchev–Trinajstić information content (AvgIpc) is 3.63. The number of nitrogens with one attached hydrogen (secondary N) is 1. The molecule has 0 bridgehead atoms. The number of aromatic nitrogens is 3. The minimum Gasteiger partial charge on any atom is -0.465 e. The molecule has 3 heterocycles. The van der Waals surface area contributed by atoms with Crippen LogP contribution in [0.25, 0.3) is 22.5 Å². The number of fused-ring (bicyclic) bond motifs is 1. The maximum absolute atomic E-state index is 13.0. The molecule has 0 saturated carbocycles. The summed E-state index contributed by atoms with van der Waals surface area (Å²) in [7, 11) is 1.35. The Hall–Kier alpha value is -2.95. The highest BCUT2D eigenvalue weighted by Crippen LogP contribution is 2.40. The maximum Gasteiger partial charge on any atom is 0.341 e. The Bertz CT molecular complexity index is 1500. The number of thiophene rings is 2. The van der Waals surface area contributed by atoms with Crippen LogP contribution in [0.1, 0.15) is 59.6 Å². The van der Waals surface area contributed by atoms with Crippen LogP contribution in [0.2, 0.25) is 0 Å². The number of aryl methyl sites for hydroxylation is 1. The lowest BCUT2D eigenvalue weighted by atomic mass is 9.88. The number of esters is 1.